The third kappa shape index (κ3) is 5.74. The molecule has 0 aliphatic carbocycles. The van der Waals surface area contributed by atoms with Crippen molar-refractivity contribution in [1.82, 2.24) is 4.90 Å². The van der Waals surface area contributed by atoms with Gasteiger partial charge in [0.1, 0.15) is 0 Å². The highest BCUT2D eigenvalue weighted by atomic mass is 16.2. The highest BCUT2D eigenvalue weighted by Gasteiger charge is 2.34. The van der Waals surface area contributed by atoms with Crippen LogP contribution in [0.2, 0.25) is 0 Å². The summed E-state index contributed by atoms with van der Waals surface area (Å²) in [6, 6.07) is 7.09. The van der Waals surface area contributed by atoms with Crippen molar-refractivity contribution in [3.8, 4) is 12.3 Å². The maximum atomic E-state index is 12.2. The molecule has 0 fully saturated rings. The Morgan fingerprint density at radius 3 is 1.64 bits per heavy atom. The molecule has 134 valence electrons. The highest BCUT2D eigenvalue weighted by molar-refractivity contribution is 6.21. The number of terminal acetylenes is 1. The number of benzene rings is 1. The van der Waals surface area contributed by atoms with Crippen molar-refractivity contribution in [1.29, 1.82) is 0 Å². The average molecular weight is 339 g/mol. The minimum atomic E-state index is -0.134. The molecular weight excluding hydrogens is 310 g/mol. The number of amides is 2. The topological polar surface area (TPSA) is 37.4 Å². The third-order valence-corrected chi connectivity index (χ3v) is 4.83. The molecule has 0 spiro atoms. The first-order chi connectivity index (χ1) is 12.3. The van der Waals surface area contributed by atoms with Crippen molar-refractivity contribution in [2.75, 3.05) is 6.54 Å². The van der Waals surface area contributed by atoms with Crippen molar-refractivity contribution >= 4 is 11.8 Å². The van der Waals surface area contributed by atoms with Gasteiger partial charge in [0.05, 0.1) is 11.1 Å². The lowest BCUT2D eigenvalue weighted by Gasteiger charge is -2.13. The van der Waals surface area contributed by atoms with E-state index in [-0.39, 0.29) is 11.8 Å². The Morgan fingerprint density at radius 1 is 0.720 bits per heavy atom. The maximum Gasteiger partial charge on any atom is 0.261 e. The molecule has 25 heavy (non-hydrogen) atoms. The van der Waals surface area contributed by atoms with Crippen LogP contribution in [0.3, 0.4) is 0 Å². The Hall–Kier alpha value is -2.08. The number of nitrogens with zero attached hydrogens (tertiary/aromatic N) is 1. The molecule has 1 aliphatic rings. The van der Waals surface area contributed by atoms with Gasteiger partial charge in [0.15, 0.2) is 0 Å². The van der Waals surface area contributed by atoms with E-state index in [0.717, 1.165) is 25.7 Å². The SMILES string of the molecule is C#CCCCCCCCCCCCCN1C(=O)c2ccccc2C1=O. The second-order valence-corrected chi connectivity index (χ2v) is 6.80. The number of unbranched alkanes of at least 4 members (excludes halogenated alkanes) is 10. The molecule has 2 rings (SSSR count). The van der Waals surface area contributed by atoms with Gasteiger partial charge in [-0.3, -0.25) is 14.5 Å². The van der Waals surface area contributed by atoms with E-state index in [1.165, 1.54) is 49.8 Å². The molecule has 1 heterocycles. The Kier molecular flexibility index (Phi) is 8.25. The van der Waals surface area contributed by atoms with Crippen LogP contribution in [0.4, 0.5) is 0 Å². The molecule has 0 saturated heterocycles. The van der Waals surface area contributed by atoms with Gasteiger partial charge in [0, 0.05) is 13.0 Å². The van der Waals surface area contributed by atoms with Crippen LogP contribution in [0.15, 0.2) is 24.3 Å². The van der Waals surface area contributed by atoms with E-state index in [2.05, 4.69) is 5.92 Å². The van der Waals surface area contributed by atoms with Gasteiger partial charge in [-0.05, 0) is 25.0 Å². The molecule has 0 radical (unpaired) electrons. The first-order valence-corrected chi connectivity index (χ1v) is 9.64. The minimum Gasteiger partial charge on any atom is -0.274 e. The number of hydrogen-bond acceptors (Lipinski definition) is 2. The van der Waals surface area contributed by atoms with Gasteiger partial charge in [0.25, 0.3) is 11.8 Å². The van der Waals surface area contributed by atoms with Gasteiger partial charge in [-0.2, -0.15) is 0 Å². The van der Waals surface area contributed by atoms with Crippen LogP contribution in [-0.2, 0) is 0 Å². The number of carbonyl (C=O) groups is 2. The molecule has 0 bridgehead atoms. The zero-order valence-electron chi connectivity index (χ0n) is 15.1. The highest BCUT2D eigenvalue weighted by Crippen LogP contribution is 2.23. The van der Waals surface area contributed by atoms with Gasteiger partial charge in [-0.15, -0.1) is 12.3 Å². The van der Waals surface area contributed by atoms with Gasteiger partial charge in [-0.1, -0.05) is 63.5 Å². The quantitative estimate of drug-likeness (QED) is 0.298. The van der Waals surface area contributed by atoms with Crippen LogP contribution in [0.1, 0.15) is 91.3 Å². The van der Waals surface area contributed by atoms with E-state index in [1.54, 1.807) is 12.1 Å². The molecule has 0 saturated carbocycles. The fourth-order valence-corrected chi connectivity index (χ4v) is 3.35. The fourth-order valence-electron chi connectivity index (χ4n) is 3.35. The van der Waals surface area contributed by atoms with Crippen molar-refractivity contribution in [3.05, 3.63) is 35.4 Å². The van der Waals surface area contributed by atoms with Crippen molar-refractivity contribution in [2.45, 2.75) is 70.6 Å². The second kappa shape index (κ2) is 10.7. The third-order valence-electron chi connectivity index (χ3n) is 4.83. The largest absolute Gasteiger partial charge is 0.274 e. The summed E-state index contributed by atoms with van der Waals surface area (Å²) in [6.45, 7) is 0.543. The lowest BCUT2D eigenvalue weighted by molar-refractivity contribution is 0.0651. The van der Waals surface area contributed by atoms with Crippen LogP contribution < -0.4 is 0 Å². The Morgan fingerprint density at radius 2 is 1.16 bits per heavy atom. The molecule has 1 aromatic carbocycles. The van der Waals surface area contributed by atoms with E-state index < -0.39 is 0 Å². The Labute approximate surface area is 151 Å². The fraction of sp³-hybridized carbons (Fsp3) is 0.545. The first-order valence-electron chi connectivity index (χ1n) is 9.64. The number of fused-ring (bicyclic) bond motifs is 1. The number of carbonyl (C=O) groups excluding carboxylic acids is 2. The standard InChI is InChI=1S/C22H29NO2/c1-2-3-4-5-6-7-8-9-10-11-12-15-18-23-21(24)19-16-13-14-17-20(19)22(23)25/h1,13-14,16-17H,3-12,15,18H2. The predicted molar refractivity (Wildman–Crippen MR) is 101 cm³/mol. The zero-order valence-corrected chi connectivity index (χ0v) is 15.1. The van der Waals surface area contributed by atoms with Crippen LogP contribution >= 0.6 is 0 Å². The summed E-state index contributed by atoms with van der Waals surface area (Å²) in [7, 11) is 0. The second-order valence-electron chi connectivity index (χ2n) is 6.80. The first kappa shape index (κ1) is 19.2. The lowest BCUT2D eigenvalue weighted by Crippen LogP contribution is -2.30. The normalized spacial score (nSPS) is 13.2. The Balaban J connectivity index is 1.50. The summed E-state index contributed by atoms with van der Waals surface area (Å²) in [5.74, 6) is 2.42. The molecule has 2 amide bonds. The summed E-state index contributed by atoms with van der Waals surface area (Å²) in [5, 5.41) is 0. The Bertz CT molecular complexity index is 580. The molecular formula is C22H29NO2. The van der Waals surface area contributed by atoms with Crippen LogP contribution in [0.5, 0.6) is 0 Å². The summed E-state index contributed by atoms with van der Waals surface area (Å²) in [6.07, 6.45) is 18.1. The van der Waals surface area contributed by atoms with Crippen molar-refractivity contribution in [2.24, 2.45) is 0 Å². The summed E-state index contributed by atoms with van der Waals surface area (Å²) >= 11 is 0. The monoisotopic (exact) mass is 339 g/mol. The summed E-state index contributed by atoms with van der Waals surface area (Å²) in [5.41, 5.74) is 1.10. The molecule has 1 aromatic rings. The molecule has 0 aromatic heterocycles. The smallest absolute Gasteiger partial charge is 0.261 e. The molecule has 0 N–H and O–H groups in total. The predicted octanol–water partition coefficient (Wildman–Crippen LogP) is 5.21. The van der Waals surface area contributed by atoms with Crippen molar-refractivity contribution in [3.63, 3.8) is 0 Å². The van der Waals surface area contributed by atoms with Gasteiger partial charge in [0.2, 0.25) is 0 Å². The zero-order chi connectivity index (χ0) is 17.9. The molecule has 3 heteroatoms. The van der Waals surface area contributed by atoms with Crippen LogP contribution in [0.25, 0.3) is 0 Å². The van der Waals surface area contributed by atoms with E-state index in [0.29, 0.717) is 17.7 Å². The lowest BCUT2D eigenvalue weighted by atomic mass is 10.1. The van der Waals surface area contributed by atoms with Gasteiger partial charge >= 0.3 is 0 Å². The molecule has 3 nitrogen and oxygen atoms in total. The van der Waals surface area contributed by atoms with Gasteiger partial charge < -0.3 is 0 Å². The van der Waals surface area contributed by atoms with Gasteiger partial charge in [-0.25, -0.2) is 0 Å². The average Bonchev–Trinajstić information content (AvgIpc) is 2.87. The van der Waals surface area contributed by atoms with E-state index in [9.17, 15) is 9.59 Å². The number of imide groups is 1. The molecule has 1 aliphatic heterocycles. The van der Waals surface area contributed by atoms with Crippen LogP contribution in [0, 0.1) is 12.3 Å². The molecule has 0 atom stereocenters. The summed E-state index contributed by atoms with van der Waals surface area (Å²) < 4.78 is 0. The van der Waals surface area contributed by atoms with E-state index in [1.807, 2.05) is 12.1 Å². The van der Waals surface area contributed by atoms with E-state index >= 15 is 0 Å². The maximum absolute atomic E-state index is 12.2. The van der Waals surface area contributed by atoms with Crippen molar-refractivity contribution < 1.29 is 9.59 Å². The molecule has 0 unspecified atom stereocenters. The minimum absolute atomic E-state index is 0.134. The summed E-state index contributed by atoms with van der Waals surface area (Å²) in [4.78, 5) is 25.9. The number of rotatable bonds is 12. The van der Waals surface area contributed by atoms with E-state index in [4.69, 9.17) is 6.42 Å². The van der Waals surface area contributed by atoms with Crippen LogP contribution in [-0.4, -0.2) is 23.3 Å². The number of hydrogen-bond donors (Lipinski definition) is 0.